The van der Waals surface area contributed by atoms with Crippen LogP contribution in [0.25, 0.3) is 0 Å². The second-order valence-electron chi connectivity index (χ2n) is 5.43. The van der Waals surface area contributed by atoms with Crippen molar-refractivity contribution in [3.05, 3.63) is 0 Å². The Kier molecular flexibility index (Phi) is 11.2. The van der Waals surface area contributed by atoms with E-state index in [-0.39, 0.29) is 0 Å². The first-order chi connectivity index (χ1) is 9.83. The fourth-order valence-electron chi connectivity index (χ4n) is 2.44. The summed E-state index contributed by atoms with van der Waals surface area (Å²) >= 11 is 0. The van der Waals surface area contributed by atoms with Gasteiger partial charge in [0.15, 0.2) is 0 Å². The third-order valence-corrected chi connectivity index (χ3v) is 3.52. The van der Waals surface area contributed by atoms with Crippen LogP contribution in [-0.2, 0) is 14.2 Å². The summed E-state index contributed by atoms with van der Waals surface area (Å²) in [6, 6.07) is 0.537. The first-order valence-electron chi connectivity index (χ1n) is 7.93. The van der Waals surface area contributed by atoms with Gasteiger partial charge in [0.25, 0.3) is 0 Å². The lowest BCUT2D eigenvalue weighted by atomic mass is 10.1. The van der Waals surface area contributed by atoms with E-state index in [1.54, 1.807) is 7.11 Å². The van der Waals surface area contributed by atoms with Gasteiger partial charge < -0.3 is 24.4 Å². The van der Waals surface area contributed by atoms with Gasteiger partial charge in [-0.15, -0.1) is 0 Å². The fourth-order valence-corrected chi connectivity index (χ4v) is 2.44. The fraction of sp³-hybridized carbons (Fsp3) is 1.00. The molecule has 1 N–H and O–H groups in total. The quantitative estimate of drug-likeness (QED) is 0.545. The van der Waals surface area contributed by atoms with E-state index in [1.165, 1.54) is 32.4 Å². The highest BCUT2D eigenvalue weighted by Gasteiger charge is 2.12. The maximum atomic E-state index is 5.51. The molecule has 1 fully saturated rings. The Labute approximate surface area is 123 Å². The summed E-state index contributed by atoms with van der Waals surface area (Å²) in [7, 11) is 1.68. The van der Waals surface area contributed by atoms with Crippen molar-refractivity contribution in [3.63, 3.8) is 0 Å². The van der Waals surface area contributed by atoms with Gasteiger partial charge >= 0.3 is 0 Å². The van der Waals surface area contributed by atoms with E-state index in [0.29, 0.717) is 32.5 Å². The Morgan fingerprint density at radius 1 is 0.950 bits per heavy atom. The summed E-state index contributed by atoms with van der Waals surface area (Å²) < 4.78 is 15.7. The van der Waals surface area contributed by atoms with Crippen LogP contribution in [0, 0.1) is 0 Å². The van der Waals surface area contributed by atoms with Crippen LogP contribution in [-0.4, -0.2) is 77.3 Å². The molecule has 0 amide bonds. The molecule has 20 heavy (non-hydrogen) atoms. The SMILES string of the molecule is COCCOCCOCCNC(C)CN1CCCCC1. The van der Waals surface area contributed by atoms with Gasteiger partial charge in [0.1, 0.15) is 0 Å². The Morgan fingerprint density at radius 2 is 1.60 bits per heavy atom. The van der Waals surface area contributed by atoms with Crippen molar-refractivity contribution in [2.24, 2.45) is 0 Å². The van der Waals surface area contributed by atoms with Crippen molar-refractivity contribution in [3.8, 4) is 0 Å². The highest BCUT2D eigenvalue weighted by atomic mass is 16.5. The highest BCUT2D eigenvalue weighted by Crippen LogP contribution is 2.08. The van der Waals surface area contributed by atoms with E-state index < -0.39 is 0 Å². The van der Waals surface area contributed by atoms with Crippen LogP contribution >= 0.6 is 0 Å². The molecular weight excluding hydrogens is 256 g/mol. The molecule has 1 aliphatic rings. The Bertz CT molecular complexity index is 211. The van der Waals surface area contributed by atoms with E-state index in [1.807, 2.05) is 0 Å². The van der Waals surface area contributed by atoms with Crippen LogP contribution in [0.15, 0.2) is 0 Å². The van der Waals surface area contributed by atoms with Gasteiger partial charge in [0.2, 0.25) is 0 Å². The van der Waals surface area contributed by atoms with Crippen molar-refractivity contribution in [2.45, 2.75) is 32.2 Å². The first-order valence-corrected chi connectivity index (χ1v) is 7.93. The summed E-state index contributed by atoms with van der Waals surface area (Å²) in [5.74, 6) is 0. The summed E-state index contributed by atoms with van der Waals surface area (Å²) in [4.78, 5) is 2.56. The van der Waals surface area contributed by atoms with Crippen molar-refractivity contribution in [2.75, 3.05) is 66.3 Å². The molecule has 1 unspecified atom stereocenters. The molecule has 0 aromatic rings. The third-order valence-electron chi connectivity index (χ3n) is 3.52. The number of methoxy groups -OCH3 is 1. The lowest BCUT2D eigenvalue weighted by molar-refractivity contribution is 0.0251. The third kappa shape index (κ3) is 9.66. The van der Waals surface area contributed by atoms with Gasteiger partial charge in [0, 0.05) is 26.2 Å². The topological polar surface area (TPSA) is 43.0 Å². The van der Waals surface area contributed by atoms with Crippen LogP contribution in [0.5, 0.6) is 0 Å². The van der Waals surface area contributed by atoms with Crippen LogP contribution in [0.1, 0.15) is 26.2 Å². The van der Waals surface area contributed by atoms with E-state index in [9.17, 15) is 0 Å². The van der Waals surface area contributed by atoms with Gasteiger partial charge in [-0.3, -0.25) is 0 Å². The standard InChI is InChI=1S/C15H32N2O3/c1-15(14-17-7-4-3-5-8-17)16-6-9-19-12-13-20-11-10-18-2/h15-16H,3-14H2,1-2H3. The molecule has 5 nitrogen and oxygen atoms in total. The average molecular weight is 288 g/mol. The molecular formula is C15H32N2O3. The van der Waals surface area contributed by atoms with Crippen molar-refractivity contribution >= 4 is 0 Å². The number of nitrogens with zero attached hydrogens (tertiary/aromatic N) is 1. The molecule has 1 atom stereocenters. The Balaban J connectivity index is 1.83. The zero-order valence-electron chi connectivity index (χ0n) is 13.2. The zero-order valence-corrected chi connectivity index (χ0v) is 13.2. The van der Waals surface area contributed by atoms with Gasteiger partial charge in [0.05, 0.1) is 33.0 Å². The minimum Gasteiger partial charge on any atom is -0.382 e. The van der Waals surface area contributed by atoms with Gasteiger partial charge in [-0.05, 0) is 32.9 Å². The van der Waals surface area contributed by atoms with E-state index >= 15 is 0 Å². The minimum absolute atomic E-state index is 0.537. The normalized spacial score (nSPS) is 18.3. The maximum absolute atomic E-state index is 5.51. The van der Waals surface area contributed by atoms with E-state index in [2.05, 4.69) is 17.1 Å². The monoisotopic (exact) mass is 288 g/mol. The molecule has 1 rings (SSSR count). The smallest absolute Gasteiger partial charge is 0.0701 e. The van der Waals surface area contributed by atoms with Crippen molar-refractivity contribution in [1.82, 2.24) is 10.2 Å². The summed E-state index contributed by atoms with van der Waals surface area (Å²) in [6.07, 6.45) is 4.12. The summed E-state index contributed by atoms with van der Waals surface area (Å²) in [5.41, 5.74) is 0. The summed E-state index contributed by atoms with van der Waals surface area (Å²) in [6.45, 7) is 10.2. The van der Waals surface area contributed by atoms with Crippen LogP contribution in [0.3, 0.4) is 0 Å². The molecule has 1 aliphatic heterocycles. The molecule has 0 aromatic heterocycles. The predicted molar refractivity (Wildman–Crippen MR) is 81.3 cm³/mol. The first kappa shape index (κ1) is 17.9. The van der Waals surface area contributed by atoms with Crippen LogP contribution < -0.4 is 5.32 Å². The molecule has 0 radical (unpaired) electrons. The van der Waals surface area contributed by atoms with Gasteiger partial charge in [-0.25, -0.2) is 0 Å². The Hall–Kier alpha value is -0.200. The molecule has 0 saturated carbocycles. The highest BCUT2D eigenvalue weighted by molar-refractivity contribution is 4.70. The minimum atomic E-state index is 0.537. The lowest BCUT2D eigenvalue weighted by Crippen LogP contribution is -2.42. The second kappa shape index (κ2) is 12.5. The van der Waals surface area contributed by atoms with Gasteiger partial charge in [-0.2, -0.15) is 0 Å². The largest absolute Gasteiger partial charge is 0.382 e. The summed E-state index contributed by atoms with van der Waals surface area (Å²) in [5, 5.41) is 3.51. The van der Waals surface area contributed by atoms with Crippen molar-refractivity contribution in [1.29, 1.82) is 0 Å². The molecule has 0 spiro atoms. The van der Waals surface area contributed by atoms with E-state index in [4.69, 9.17) is 14.2 Å². The van der Waals surface area contributed by atoms with Crippen LogP contribution in [0.2, 0.25) is 0 Å². The zero-order chi connectivity index (χ0) is 14.5. The van der Waals surface area contributed by atoms with Crippen molar-refractivity contribution < 1.29 is 14.2 Å². The van der Waals surface area contributed by atoms with E-state index in [0.717, 1.165) is 19.7 Å². The molecule has 0 bridgehead atoms. The second-order valence-corrected chi connectivity index (χ2v) is 5.43. The number of hydrogen-bond acceptors (Lipinski definition) is 5. The number of ether oxygens (including phenoxy) is 3. The number of likely N-dealkylation sites (tertiary alicyclic amines) is 1. The number of piperidine rings is 1. The van der Waals surface area contributed by atoms with Crippen LogP contribution in [0.4, 0.5) is 0 Å². The molecule has 120 valence electrons. The maximum Gasteiger partial charge on any atom is 0.0701 e. The Morgan fingerprint density at radius 3 is 2.30 bits per heavy atom. The predicted octanol–water partition coefficient (Wildman–Crippen LogP) is 1.13. The molecule has 0 aliphatic carbocycles. The molecule has 0 aromatic carbocycles. The average Bonchev–Trinajstić information content (AvgIpc) is 2.46. The number of nitrogens with one attached hydrogen (secondary N) is 1. The lowest BCUT2D eigenvalue weighted by Gasteiger charge is -2.29. The molecule has 1 saturated heterocycles. The molecule has 1 heterocycles. The number of rotatable bonds is 12. The van der Waals surface area contributed by atoms with Gasteiger partial charge in [-0.1, -0.05) is 6.42 Å². The number of hydrogen-bond donors (Lipinski definition) is 1. The molecule has 5 heteroatoms.